The van der Waals surface area contributed by atoms with Gasteiger partial charge in [0.25, 0.3) is 11.8 Å². The quantitative estimate of drug-likeness (QED) is 0.141. The predicted octanol–water partition coefficient (Wildman–Crippen LogP) is 9.23. The van der Waals surface area contributed by atoms with Gasteiger partial charge in [0.1, 0.15) is 29.3 Å². The molecule has 0 aliphatic carbocycles. The first-order valence-electron chi connectivity index (χ1n) is 18.5. The van der Waals surface area contributed by atoms with Crippen LogP contribution >= 0.6 is 23.2 Å². The number of carbonyl (C=O) groups excluding carboxylic acids is 2. The van der Waals surface area contributed by atoms with E-state index in [4.69, 9.17) is 37.4 Å². The Morgan fingerprint density at radius 3 is 1.43 bits per heavy atom. The smallest absolute Gasteiger partial charge is 0.326 e. The number of methoxy groups -OCH3 is 3. The van der Waals surface area contributed by atoms with Gasteiger partial charge >= 0.3 is 11.9 Å². The largest absolute Gasteiger partial charge is 0.497 e. The highest BCUT2D eigenvalue weighted by Crippen LogP contribution is 2.42. The molecule has 0 bridgehead atoms. The molecule has 0 radical (unpaired) electrons. The second-order valence-corrected chi connectivity index (χ2v) is 14.6. The SMILES string of the molecule is COc1cc(OC)cc(C(=O)N2[C@@H](c3ccccc3Cl)CC[C@H]2C(=O)O)c1.COc1cccc(-c2ccc(C(=O)N3[C@@H](c4ccccc4Cl)CC[C@H]3C(=O)O)cc2)c1. The number of halogens is 2. The van der Waals surface area contributed by atoms with Crippen LogP contribution in [0.2, 0.25) is 10.0 Å². The molecule has 0 unspecified atom stereocenters. The van der Waals surface area contributed by atoms with Crippen LogP contribution < -0.4 is 14.2 Å². The average Bonchev–Trinajstić information content (AvgIpc) is 3.90. The Morgan fingerprint density at radius 2 is 0.983 bits per heavy atom. The van der Waals surface area contributed by atoms with Crippen molar-refractivity contribution in [2.45, 2.75) is 49.9 Å². The van der Waals surface area contributed by atoms with Crippen molar-refractivity contribution in [3.05, 3.63) is 148 Å². The Bertz CT molecular complexity index is 2280. The summed E-state index contributed by atoms with van der Waals surface area (Å²) in [4.78, 5) is 53.2. The molecule has 2 amide bonds. The lowest BCUT2D eigenvalue weighted by atomic mass is 10.0. The monoisotopic (exact) mass is 824 g/mol. The van der Waals surface area contributed by atoms with Crippen molar-refractivity contribution in [1.29, 1.82) is 0 Å². The Morgan fingerprint density at radius 1 is 0.517 bits per heavy atom. The molecule has 13 heteroatoms. The number of hydrogen-bond acceptors (Lipinski definition) is 7. The van der Waals surface area contributed by atoms with Crippen molar-refractivity contribution in [3.8, 4) is 28.4 Å². The Kier molecular flexibility index (Phi) is 13.3. The fraction of sp³-hybridized carbons (Fsp3) is 0.244. The second kappa shape index (κ2) is 18.5. The lowest BCUT2D eigenvalue weighted by Crippen LogP contribution is -2.41. The number of benzene rings is 5. The molecule has 2 aliphatic rings. The van der Waals surface area contributed by atoms with E-state index in [0.29, 0.717) is 58.4 Å². The van der Waals surface area contributed by atoms with Gasteiger partial charge in [0.2, 0.25) is 0 Å². The summed E-state index contributed by atoms with van der Waals surface area (Å²) in [5.41, 5.74) is 4.17. The van der Waals surface area contributed by atoms with E-state index < -0.39 is 36.0 Å². The zero-order valence-electron chi connectivity index (χ0n) is 32.0. The zero-order valence-corrected chi connectivity index (χ0v) is 33.5. The molecule has 11 nitrogen and oxygen atoms in total. The van der Waals surface area contributed by atoms with Crippen molar-refractivity contribution in [2.24, 2.45) is 0 Å². The molecule has 2 fully saturated rings. The van der Waals surface area contributed by atoms with Crippen LogP contribution in [0.15, 0.2) is 115 Å². The van der Waals surface area contributed by atoms with Gasteiger partial charge < -0.3 is 34.2 Å². The maximum Gasteiger partial charge on any atom is 0.326 e. The van der Waals surface area contributed by atoms with E-state index in [1.54, 1.807) is 55.6 Å². The minimum absolute atomic E-state index is 0.302. The van der Waals surface area contributed by atoms with E-state index in [0.717, 1.165) is 28.0 Å². The van der Waals surface area contributed by atoms with Crippen LogP contribution in [0.5, 0.6) is 17.2 Å². The summed E-state index contributed by atoms with van der Waals surface area (Å²) in [6.07, 6.45) is 1.82. The molecule has 2 saturated heterocycles. The first kappa shape index (κ1) is 41.6. The number of likely N-dealkylation sites (tertiary alicyclic amines) is 2. The molecule has 0 saturated carbocycles. The number of carbonyl (C=O) groups is 4. The summed E-state index contributed by atoms with van der Waals surface area (Å²) in [6, 6.07) is 31.5. The number of carboxylic acids is 2. The molecule has 2 aliphatic heterocycles. The molecule has 4 atom stereocenters. The fourth-order valence-corrected chi connectivity index (χ4v) is 8.13. The molecule has 58 heavy (non-hydrogen) atoms. The van der Waals surface area contributed by atoms with E-state index in [9.17, 15) is 29.4 Å². The van der Waals surface area contributed by atoms with Gasteiger partial charge in [-0.2, -0.15) is 0 Å². The van der Waals surface area contributed by atoms with Gasteiger partial charge in [0, 0.05) is 27.2 Å². The Balaban J connectivity index is 0.000000198. The molecular weight excluding hydrogens is 783 g/mol. The van der Waals surface area contributed by atoms with Crippen molar-refractivity contribution in [3.63, 3.8) is 0 Å². The average molecular weight is 826 g/mol. The summed E-state index contributed by atoms with van der Waals surface area (Å²) in [6.45, 7) is 0. The third-order valence-electron chi connectivity index (χ3n) is 10.5. The maximum absolute atomic E-state index is 13.4. The summed E-state index contributed by atoms with van der Waals surface area (Å²) in [5, 5.41) is 20.4. The van der Waals surface area contributed by atoms with Crippen LogP contribution in [0.4, 0.5) is 0 Å². The molecule has 7 rings (SSSR count). The first-order chi connectivity index (χ1) is 27.9. The van der Waals surface area contributed by atoms with Gasteiger partial charge in [-0.25, -0.2) is 9.59 Å². The molecular formula is C45H42Cl2N2O9. The molecule has 2 heterocycles. The first-order valence-corrected chi connectivity index (χ1v) is 19.3. The third-order valence-corrected chi connectivity index (χ3v) is 11.2. The van der Waals surface area contributed by atoms with E-state index >= 15 is 0 Å². The molecule has 2 N–H and O–H groups in total. The standard InChI is InChI=1S/C25H22ClNO4.C20H20ClNO5/c1-31-19-6-4-5-18(15-19)16-9-11-17(12-10-16)24(28)27-22(13-14-23(27)25(29)30)20-7-2-3-8-21(20)26;1-26-13-9-12(10-14(11-13)27-2)19(23)22-17(7-8-18(22)20(24)25)15-5-3-4-6-16(15)21/h2-12,15,22-23H,13-14H2,1H3,(H,29,30);3-6,9-11,17-18H,7-8H2,1-2H3,(H,24,25)/t22-,23+;17-,18+/m11/s1. The number of nitrogens with zero attached hydrogens (tertiary/aromatic N) is 2. The van der Waals surface area contributed by atoms with Crippen LogP contribution in [0.3, 0.4) is 0 Å². The fourth-order valence-electron chi connectivity index (χ4n) is 7.61. The minimum Gasteiger partial charge on any atom is -0.497 e. The van der Waals surface area contributed by atoms with E-state index in [1.165, 1.54) is 24.0 Å². The molecule has 5 aromatic rings. The van der Waals surface area contributed by atoms with Gasteiger partial charge in [0.15, 0.2) is 0 Å². The zero-order chi connectivity index (χ0) is 41.5. The van der Waals surface area contributed by atoms with E-state index in [2.05, 4.69) is 0 Å². The van der Waals surface area contributed by atoms with Crippen LogP contribution in [-0.4, -0.2) is 77.2 Å². The van der Waals surface area contributed by atoms with Crippen LogP contribution in [0.25, 0.3) is 11.1 Å². The summed E-state index contributed by atoms with van der Waals surface area (Å²) < 4.78 is 15.7. The van der Waals surface area contributed by atoms with Gasteiger partial charge in [-0.05, 0) is 96.5 Å². The lowest BCUT2D eigenvalue weighted by molar-refractivity contribution is -0.142. The molecule has 300 valence electrons. The topological polar surface area (TPSA) is 143 Å². The molecule has 5 aromatic carbocycles. The van der Waals surface area contributed by atoms with Crippen molar-refractivity contribution in [1.82, 2.24) is 9.80 Å². The predicted molar refractivity (Wildman–Crippen MR) is 220 cm³/mol. The molecule has 0 spiro atoms. The van der Waals surface area contributed by atoms with Crippen LogP contribution in [0.1, 0.15) is 69.6 Å². The molecule has 0 aromatic heterocycles. The van der Waals surface area contributed by atoms with Crippen LogP contribution in [0, 0.1) is 0 Å². The van der Waals surface area contributed by atoms with Gasteiger partial charge in [-0.3, -0.25) is 9.59 Å². The summed E-state index contributed by atoms with van der Waals surface area (Å²) in [7, 11) is 4.60. The summed E-state index contributed by atoms with van der Waals surface area (Å²) in [5.74, 6) is -1.09. The highest BCUT2D eigenvalue weighted by atomic mass is 35.5. The van der Waals surface area contributed by atoms with Crippen molar-refractivity contribution in [2.75, 3.05) is 21.3 Å². The number of hydrogen-bond donors (Lipinski definition) is 2. The maximum atomic E-state index is 13.4. The van der Waals surface area contributed by atoms with Gasteiger partial charge in [-0.1, -0.05) is 83.9 Å². The second-order valence-electron chi connectivity index (χ2n) is 13.8. The van der Waals surface area contributed by atoms with Gasteiger partial charge in [0.05, 0.1) is 33.4 Å². The highest BCUT2D eigenvalue weighted by molar-refractivity contribution is 6.31. The normalized spacial score (nSPS) is 18.5. The summed E-state index contributed by atoms with van der Waals surface area (Å²) >= 11 is 12.7. The Hall–Kier alpha value is -6.04. The number of carboxylic acid groups (broad SMARTS) is 2. The van der Waals surface area contributed by atoms with Crippen molar-refractivity contribution < 1.29 is 43.6 Å². The highest BCUT2D eigenvalue weighted by Gasteiger charge is 2.44. The number of amides is 2. The van der Waals surface area contributed by atoms with E-state index in [-0.39, 0.29) is 11.9 Å². The lowest BCUT2D eigenvalue weighted by Gasteiger charge is -2.29. The minimum atomic E-state index is -1.03. The number of aliphatic carboxylic acids is 2. The number of rotatable bonds is 10. The third kappa shape index (κ3) is 8.91. The van der Waals surface area contributed by atoms with Crippen molar-refractivity contribution >= 4 is 47.0 Å². The van der Waals surface area contributed by atoms with Gasteiger partial charge in [-0.15, -0.1) is 0 Å². The van der Waals surface area contributed by atoms with E-state index in [1.807, 2.05) is 66.7 Å². The number of ether oxygens (including phenoxy) is 3. The van der Waals surface area contributed by atoms with Crippen LogP contribution in [-0.2, 0) is 9.59 Å². The Labute approximate surface area is 346 Å².